The van der Waals surface area contributed by atoms with Gasteiger partial charge < -0.3 is 0 Å². The Bertz CT molecular complexity index is 1160. The summed E-state index contributed by atoms with van der Waals surface area (Å²) >= 11 is 6.38. The first-order valence-corrected chi connectivity index (χ1v) is 10.9. The highest BCUT2D eigenvalue weighted by atomic mass is 32.2. The molecule has 0 saturated carbocycles. The van der Waals surface area contributed by atoms with Crippen molar-refractivity contribution in [1.82, 2.24) is 15.8 Å². The van der Waals surface area contributed by atoms with Gasteiger partial charge in [0.05, 0.1) is 9.83 Å². The second-order valence-electron chi connectivity index (χ2n) is 6.65. The third-order valence-corrected chi connectivity index (χ3v) is 5.83. The van der Waals surface area contributed by atoms with Gasteiger partial charge in [-0.2, -0.15) is 0 Å². The number of allylic oxidation sites excluding steroid dienone is 2. The molecule has 168 valence electrons. The van der Waals surface area contributed by atoms with Crippen LogP contribution in [0.1, 0.15) is 22.3 Å². The molecule has 1 heterocycles. The van der Waals surface area contributed by atoms with Gasteiger partial charge in [-0.15, -0.1) is 0 Å². The summed E-state index contributed by atoms with van der Waals surface area (Å²) in [5.41, 5.74) is 4.75. The van der Waals surface area contributed by atoms with Gasteiger partial charge in [0.1, 0.15) is 9.88 Å². The lowest BCUT2D eigenvalue weighted by Crippen LogP contribution is -2.43. The fourth-order valence-corrected chi connectivity index (χ4v) is 4.07. The normalized spacial score (nSPS) is 14.7. The lowest BCUT2D eigenvalue weighted by atomic mass is 10.2. The molecule has 1 aliphatic rings. The third-order valence-electron chi connectivity index (χ3n) is 4.43. The molecular weight excluding hydrogens is 464 g/mol. The minimum absolute atomic E-state index is 0.0254. The average Bonchev–Trinajstić information content (AvgIpc) is 3.09. The van der Waals surface area contributed by atoms with E-state index < -0.39 is 16.7 Å². The second kappa shape index (κ2) is 11.2. The maximum Gasteiger partial charge on any atom is 0.282 e. The zero-order chi connectivity index (χ0) is 23.8. The summed E-state index contributed by atoms with van der Waals surface area (Å²) in [5, 5.41) is 11.0. The number of carbonyl (C=O) groups is 3. The number of nitro benzene ring substituents is 1. The van der Waals surface area contributed by atoms with E-state index in [0.29, 0.717) is 9.23 Å². The molecule has 0 aliphatic carbocycles. The highest BCUT2D eigenvalue weighted by Gasteiger charge is 2.31. The SMILES string of the molecule is O=C(CCN1C(=O)C(=CC=Cc2ccccc2)SC1=S)NNC(=O)c1ccccc1[N+](=O)[O-]. The molecule has 1 fully saturated rings. The van der Waals surface area contributed by atoms with Gasteiger partial charge in [0.2, 0.25) is 5.91 Å². The fraction of sp³-hybridized carbons (Fsp3) is 0.0909. The smallest absolute Gasteiger partial charge is 0.282 e. The van der Waals surface area contributed by atoms with Gasteiger partial charge >= 0.3 is 0 Å². The van der Waals surface area contributed by atoms with Crippen molar-refractivity contribution in [2.75, 3.05) is 6.54 Å². The largest absolute Gasteiger partial charge is 0.292 e. The summed E-state index contributed by atoms with van der Waals surface area (Å²) < 4.78 is 0.330. The van der Waals surface area contributed by atoms with Crippen LogP contribution >= 0.6 is 24.0 Å². The van der Waals surface area contributed by atoms with Gasteiger partial charge in [0.25, 0.3) is 17.5 Å². The molecule has 3 rings (SSSR count). The standard InChI is InChI=1S/C22H18N4O5S2/c27-19(23-24-20(28)16-10-4-5-11-17(16)26(30)31)13-14-25-21(29)18(33-22(25)32)12-6-9-15-7-2-1-3-8-15/h1-12H,13-14H2,(H,23,27)(H,24,28). The Kier molecular flexibility index (Phi) is 8.06. The predicted molar refractivity (Wildman–Crippen MR) is 129 cm³/mol. The van der Waals surface area contributed by atoms with E-state index in [1.165, 1.54) is 29.2 Å². The summed E-state index contributed by atoms with van der Waals surface area (Å²) in [6.45, 7) is 0.0254. The molecule has 3 amide bonds. The quantitative estimate of drug-likeness (QED) is 0.269. The maximum absolute atomic E-state index is 12.6. The second-order valence-corrected chi connectivity index (χ2v) is 8.33. The van der Waals surface area contributed by atoms with Crippen LogP contribution in [0.25, 0.3) is 6.08 Å². The Labute approximate surface area is 198 Å². The summed E-state index contributed by atoms with van der Waals surface area (Å²) in [7, 11) is 0. The highest BCUT2D eigenvalue weighted by molar-refractivity contribution is 8.26. The Morgan fingerprint density at radius 3 is 2.52 bits per heavy atom. The Balaban J connectivity index is 1.51. The molecule has 0 bridgehead atoms. The number of nitro groups is 1. The van der Waals surface area contributed by atoms with Gasteiger partial charge in [-0.1, -0.05) is 78.6 Å². The number of rotatable bonds is 7. The van der Waals surface area contributed by atoms with Crippen molar-refractivity contribution in [3.8, 4) is 0 Å². The van der Waals surface area contributed by atoms with Crippen LogP contribution in [-0.4, -0.2) is 38.4 Å². The summed E-state index contributed by atoms with van der Waals surface area (Å²) in [6.07, 6.45) is 5.16. The van der Waals surface area contributed by atoms with Crippen molar-refractivity contribution in [3.63, 3.8) is 0 Å². The lowest BCUT2D eigenvalue weighted by molar-refractivity contribution is -0.385. The van der Waals surface area contributed by atoms with Crippen molar-refractivity contribution in [3.05, 3.63) is 92.9 Å². The zero-order valence-electron chi connectivity index (χ0n) is 17.1. The predicted octanol–water partition coefficient (Wildman–Crippen LogP) is 3.20. The minimum atomic E-state index is -0.825. The van der Waals surface area contributed by atoms with E-state index in [4.69, 9.17) is 12.2 Å². The van der Waals surface area contributed by atoms with Crippen LogP contribution in [0.4, 0.5) is 5.69 Å². The topological polar surface area (TPSA) is 122 Å². The highest BCUT2D eigenvalue weighted by Crippen LogP contribution is 2.31. The number of nitrogens with zero attached hydrogens (tertiary/aromatic N) is 2. The fourth-order valence-electron chi connectivity index (χ4n) is 2.81. The van der Waals surface area contributed by atoms with Crippen molar-refractivity contribution in [1.29, 1.82) is 0 Å². The van der Waals surface area contributed by atoms with Gasteiger partial charge in [-0.3, -0.25) is 40.2 Å². The van der Waals surface area contributed by atoms with Crippen LogP contribution in [0, 0.1) is 10.1 Å². The Hall–Kier alpha value is -3.83. The number of amides is 3. The van der Waals surface area contributed by atoms with E-state index in [9.17, 15) is 24.5 Å². The van der Waals surface area contributed by atoms with E-state index in [2.05, 4.69) is 10.9 Å². The summed E-state index contributed by atoms with van der Waals surface area (Å²) in [5.74, 6) is -1.71. The molecule has 2 aromatic rings. The van der Waals surface area contributed by atoms with Crippen molar-refractivity contribution in [2.45, 2.75) is 6.42 Å². The molecule has 0 atom stereocenters. The molecular formula is C22H18N4O5S2. The van der Waals surface area contributed by atoms with Crippen molar-refractivity contribution < 1.29 is 19.3 Å². The molecule has 2 N–H and O–H groups in total. The number of hydrogen-bond donors (Lipinski definition) is 2. The van der Waals surface area contributed by atoms with E-state index in [1.807, 2.05) is 36.4 Å². The van der Waals surface area contributed by atoms with Gasteiger partial charge in [0.15, 0.2) is 0 Å². The van der Waals surface area contributed by atoms with Crippen LogP contribution in [-0.2, 0) is 9.59 Å². The summed E-state index contributed by atoms with van der Waals surface area (Å²) in [6, 6.07) is 15.0. The lowest BCUT2D eigenvalue weighted by Gasteiger charge is -2.14. The Morgan fingerprint density at radius 1 is 1.09 bits per heavy atom. The molecule has 0 aromatic heterocycles. The van der Waals surface area contributed by atoms with E-state index in [1.54, 1.807) is 12.2 Å². The van der Waals surface area contributed by atoms with E-state index in [-0.39, 0.29) is 30.1 Å². The molecule has 2 aromatic carbocycles. The van der Waals surface area contributed by atoms with Crippen molar-refractivity contribution >= 4 is 57.8 Å². The molecule has 0 radical (unpaired) electrons. The number of para-hydroxylation sites is 1. The van der Waals surface area contributed by atoms with E-state index >= 15 is 0 Å². The number of thiocarbonyl (C=S) groups is 1. The molecule has 1 aliphatic heterocycles. The molecule has 33 heavy (non-hydrogen) atoms. The monoisotopic (exact) mass is 482 g/mol. The van der Waals surface area contributed by atoms with Crippen LogP contribution in [0.2, 0.25) is 0 Å². The van der Waals surface area contributed by atoms with Gasteiger partial charge in [-0.25, -0.2) is 0 Å². The first-order chi connectivity index (χ1) is 15.9. The summed E-state index contributed by atoms with van der Waals surface area (Å²) in [4.78, 5) is 48.9. The molecule has 0 unspecified atom stereocenters. The van der Waals surface area contributed by atoms with Gasteiger partial charge in [-0.05, 0) is 17.7 Å². The first-order valence-electron chi connectivity index (χ1n) is 9.66. The van der Waals surface area contributed by atoms with Crippen LogP contribution in [0.3, 0.4) is 0 Å². The Morgan fingerprint density at radius 2 is 1.79 bits per heavy atom. The number of carbonyl (C=O) groups excluding carboxylic acids is 3. The number of benzene rings is 2. The zero-order valence-corrected chi connectivity index (χ0v) is 18.7. The van der Waals surface area contributed by atoms with Crippen LogP contribution in [0.15, 0.2) is 71.7 Å². The number of thioether (sulfide) groups is 1. The molecule has 11 heteroatoms. The number of hydrogen-bond acceptors (Lipinski definition) is 7. The van der Waals surface area contributed by atoms with Crippen LogP contribution < -0.4 is 10.9 Å². The maximum atomic E-state index is 12.6. The van der Waals surface area contributed by atoms with Crippen LogP contribution in [0.5, 0.6) is 0 Å². The molecule has 0 spiro atoms. The van der Waals surface area contributed by atoms with Gasteiger partial charge in [0, 0.05) is 19.0 Å². The minimum Gasteiger partial charge on any atom is -0.292 e. The van der Waals surface area contributed by atoms with E-state index in [0.717, 1.165) is 17.3 Å². The third kappa shape index (κ3) is 6.34. The number of hydrazine groups is 1. The average molecular weight is 483 g/mol. The molecule has 9 nitrogen and oxygen atoms in total. The molecule has 1 saturated heterocycles. The first kappa shape index (κ1) is 23.8. The van der Waals surface area contributed by atoms with Crippen molar-refractivity contribution in [2.24, 2.45) is 0 Å². The number of nitrogens with one attached hydrogen (secondary N) is 2.